The van der Waals surface area contributed by atoms with Gasteiger partial charge in [0.2, 0.25) is 0 Å². The fourth-order valence-corrected chi connectivity index (χ4v) is 1.02. The predicted molar refractivity (Wildman–Crippen MR) is 55.3 cm³/mol. The van der Waals surface area contributed by atoms with Gasteiger partial charge in [-0.25, -0.2) is 0 Å². The molecule has 2 heteroatoms. The van der Waals surface area contributed by atoms with E-state index in [2.05, 4.69) is 20.8 Å². The van der Waals surface area contributed by atoms with Gasteiger partial charge in [-0.2, -0.15) is 0 Å². The van der Waals surface area contributed by atoms with E-state index in [1.807, 2.05) is 12.2 Å². The molecule has 0 aliphatic rings. The molecule has 0 unspecified atom stereocenters. The monoisotopic (exact) mass is 184 g/mol. The van der Waals surface area contributed by atoms with Crippen LogP contribution in [-0.2, 0) is 9.47 Å². The van der Waals surface area contributed by atoms with Crippen LogP contribution in [0.4, 0.5) is 0 Å². The summed E-state index contributed by atoms with van der Waals surface area (Å²) < 4.78 is 10.4. The van der Waals surface area contributed by atoms with Gasteiger partial charge in [-0.1, -0.05) is 20.8 Å². The minimum Gasteiger partial charge on any atom is -0.493 e. The lowest BCUT2D eigenvalue weighted by Crippen LogP contribution is -1.97. The molecule has 13 heavy (non-hydrogen) atoms. The minimum atomic E-state index is 0.463. The third-order valence-corrected chi connectivity index (χ3v) is 1.56. The second-order valence-electron chi connectivity index (χ2n) is 3.16. The summed E-state index contributed by atoms with van der Waals surface area (Å²) in [5.74, 6) is 2.10. The van der Waals surface area contributed by atoms with Crippen LogP contribution < -0.4 is 0 Å². The first-order valence-electron chi connectivity index (χ1n) is 4.66. The quantitative estimate of drug-likeness (QED) is 0.483. The predicted octanol–water partition coefficient (Wildman–Crippen LogP) is 3.11. The van der Waals surface area contributed by atoms with E-state index in [0.29, 0.717) is 5.92 Å². The largest absolute Gasteiger partial charge is 0.493 e. The minimum absolute atomic E-state index is 0.463. The van der Waals surface area contributed by atoms with Crippen LogP contribution in [0, 0.1) is 5.92 Å². The van der Waals surface area contributed by atoms with Gasteiger partial charge in [0.1, 0.15) is 0 Å². The average molecular weight is 184 g/mol. The first-order chi connectivity index (χ1) is 6.15. The Bertz CT molecular complexity index is 190. The third-order valence-electron chi connectivity index (χ3n) is 1.56. The molecule has 0 aliphatic carbocycles. The molecule has 2 nitrogen and oxygen atoms in total. The van der Waals surface area contributed by atoms with Crippen LogP contribution in [0.2, 0.25) is 0 Å². The maximum absolute atomic E-state index is 5.23. The van der Waals surface area contributed by atoms with Gasteiger partial charge in [-0.3, -0.25) is 0 Å². The lowest BCUT2D eigenvalue weighted by molar-refractivity contribution is 0.217. The number of rotatable bonds is 5. The molecule has 0 bridgehead atoms. The van der Waals surface area contributed by atoms with Crippen molar-refractivity contribution in [2.75, 3.05) is 14.2 Å². The normalized spacial score (nSPS) is 13.4. The van der Waals surface area contributed by atoms with E-state index in [1.54, 1.807) is 14.2 Å². The zero-order valence-electron chi connectivity index (χ0n) is 9.26. The van der Waals surface area contributed by atoms with Crippen molar-refractivity contribution in [3.8, 4) is 0 Å². The molecular formula is C11H20O2. The van der Waals surface area contributed by atoms with Crippen molar-refractivity contribution in [2.45, 2.75) is 27.2 Å². The van der Waals surface area contributed by atoms with Gasteiger partial charge in [0.15, 0.2) is 11.5 Å². The van der Waals surface area contributed by atoms with E-state index in [1.165, 1.54) is 0 Å². The molecule has 0 atom stereocenters. The first-order valence-corrected chi connectivity index (χ1v) is 4.66. The van der Waals surface area contributed by atoms with Gasteiger partial charge in [0.25, 0.3) is 0 Å². The summed E-state index contributed by atoms with van der Waals surface area (Å²) in [6.45, 7) is 6.29. The van der Waals surface area contributed by atoms with Gasteiger partial charge in [-0.15, -0.1) is 0 Å². The third kappa shape index (κ3) is 4.61. The molecule has 0 aromatic carbocycles. The Balaban J connectivity index is 4.62. The molecular weight excluding hydrogens is 164 g/mol. The van der Waals surface area contributed by atoms with E-state index < -0.39 is 0 Å². The zero-order chi connectivity index (χ0) is 10.3. The van der Waals surface area contributed by atoms with Crippen molar-refractivity contribution in [1.29, 1.82) is 0 Å². The summed E-state index contributed by atoms with van der Waals surface area (Å²) in [4.78, 5) is 0. The highest BCUT2D eigenvalue weighted by Crippen LogP contribution is 2.14. The van der Waals surface area contributed by atoms with Crippen LogP contribution in [0.1, 0.15) is 27.2 Å². The summed E-state index contributed by atoms with van der Waals surface area (Å²) in [6, 6.07) is 0. The topological polar surface area (TPSA) is 18.5 Å². The Morgan fingerprint density at radius 1 is 1.15 bits per heavy atom. The maximum atomic E-state index is 5.23. The highest BCUT2D eigenvalue weighted by molar-refractivity contribution is 5.20. The maximum Gasteiger partial charge on any atom is 0.156 e. The molecule has 0 N–H and O–H groups in total. The molecule has 0 heterocycles. The van der Waals surface area contributed by atoms with Gasteiger partial charge in [0, 0.05) is 0 Å². The number of hydrogen-bond donors (Lipinski definition) is 0. The first kappa shape index (κ1) is 12.1. The molecule has 0 saturated carbocycles. The molecule has 76 valence electrons. The lowest BCUT2D eigenvalue weighted by atomic mass is 10.2. The van der Waals surface area contributed by atoms with E-state index in [9.17, 15) is 0 Å². The fraction of sp³-hybridized carbons (Fsp3) is 0.636. The average Bonchev–Trinajstić information content (AvgIpc) is 2.10. The molecule has 0 saturated heterocycles. The van der Waals surface area contributed by atoms with Crippen molar-refractivity contribution in [3.63, 3.8) is 0 Å². The Kier molecular flexibility index (Phi) is 6.11. The van der Waals surface area contributed by atoms with Crippen LogP contribution in [0.3, 0.4) is 0 Å². The number of hydrogen-bond acceptors (Lipinski definition) is 2. The second-order valence-corrected chi connectivity index (χ2v) is 3.16. The van der Waals surface area contributed by atoms with Gasteiger partial charge in [-0.05, 0) is 24.5 Å². The highest BCUT2D eigenvalue weighted by atomic mass is 16.5. The van der Waals surface area contributed by atoms with Crippen molar-refractivity contribution >= 4 is 0 Å². The summed E-state index contributed by atoms with van der Waals surface area (Å²) in [5, 5.41) is 0. The lowest BCUT2D eigenvalue weighted by Gasteiger charge is -2.10. The molecule has 0 aliphatic heterocycles. The molecule has 0 rings (SSSR count). The number of methoxy groups -OCH3 is 2. The Hall–Kier alpha value is -0.920. The second kappa shape index (κ2) is 6.58. The van der Waals surface area contributed by atoms with Crippen molar-refractivity contribution in [1.82, 2.24) is 0 Å². The number of allylic oxidation sites excluding steroid dienone is 2. The van der Waals surface area contributed by atoms with Crippen molar-refractivity contribution < 1.29 is 9.47 Å². The van der Waals surface area contributed by atoms with Gasteiger partial charge >= 0.3 is 0 Å². The van der Waals surface area contributed by atoms with Crippen molar-refractivity contribution in [3.05, 3.63) is 23.7 Å². The van der Waals surface area contributed by atoms with Gasteiger partial charge in [0.05, 0.1) is 14.2 Å². The van der Waals surface area contributed by atoms with E-state index >= 15 is 0 Å². The molecule has 0 aromatic heterocycles. The fourth-order valence-electron chi connectivity index (χ4n) is 1.02. The van der Waals surface area contributed by atoms with E-state index in [-0.39, 0.29) is 0 Å². The number of ether oxygens (including phenoxy) is 2. The van der Waals surface area contributed by atoms with Crippen molar-refractivity contribution in [2.24, 2.45) is 5.92 Å². The Morgan fingerprint density at radius 3 is 2.00 bits per heavy atom. The molecule has 0 spiro atoms. The molecule has 0 fully saturated rings. The Morgan fingerprint density at radius 2 is 1.69 bits per heavy atom. The Labute approximate surface area is 81.2 Å². The smallest absolute Gasteiger partial charge is 0.156 e. The SMILES string of the molecule is CCC=C(OC)C(=CC(C)C)OC. The van der Waals surface area contributed by atoms with Crippen LogP contribution in [0.25, 0.3) is 0 Å². The summed E-state index contributed by atoms with van der Waals surface area (Å²) >= 11 is 0. The molecule has 0 amide bonds. The standard InChI is InChI=1S/C11H20O2/c1-6-7-10(12-4)11(13-5)8-9(2)3/h7-9H,6H2,1-5H3. The summed E-state index contributed by atoms with van der Waals surface area (Å²) in [6.07, 6.45) is 5.00. The van der Waals surface area contributed by atoms with Gasteiger partial charge < -0.3 is 9.47 Å². The van der Waals surface area contributed by atoms with E-state index in [4.69, 9.17) is 9.47 Å². The van der Waals surface area contributed by atoms with Crippen LogP contribution in [-0.4, -0.2) is 14.2 Å². The van der Waals surface area contributed by atoms with Crippen LogP contribution in [0.5, 0.6) is 0 Å². The molecule has 0 radical (unpaired) electrons. The zero-order valence-corrected chi connectivity index (χ0v) is 9.26. The summed E-state index contributed by atoms with van der Waals surface area (Å²) in [5.41, 5.74) is 0. The summed E-state index contributed by atoms with van der Waals surface area (Å²) in [7, 11) is 3.32. The molecule has 0 aromatic rings. The highest BCUT2D eigenvalue weighted by Gasteiger charge is 2.04. The van der Waals surface area contributed by atoms with E-state index in [0.717, 1.165) is 17.9 Å². The van der Waals surface area contributed by atoms with Crippen LogP contribution >= 0.6 is 0 Å². The van der Waals surface area contributed by atoms with Crippen LogP contribution in [0.15, 0.2) is 23.7 Å².